The van der Waals surface area contributed by atoms with E-state index >= 15 is 0 Å². The molecule has 0 saturated heterocycles. The molecule has 0 aliphatic heterocycles. The molecule has 0 aliphatic rings. The number of likely N-dealkylation sites (N-methyl/N-ethyl adjacent to an activating group) is 1. The number of rotatable bonds is 8. The van der Waals surface area contributed by atoms with E-state index in [1.54, 1.807) is 29.2 Å². The molecule has 0 aliphatic carbocycles. The number of aromatic nitrogens is 2. The van der Waals surface area contributed by atoms with Crippen LogP contribution in [0.15, 0.2) is 72.8 Å². The van der Waals surface area contributed by atoms with E-state index in [9.17, 15) is 13.6 Å². The number of benzene rings is 3. The summed E-state index contributed by atoms with van der Waals surface area (Å²) in [5, 5.41) is 7.83. The number of carbonyl (C=O) groups is 1. The highest BCUT2D eigenvalue weighted by atomic mass is 35.5. The second kappa shape index (κ2) is 11.4. The van der Waals surface area contributed by atoms with E-state index in [-0.39, 0.29) is 17.2 Å². The van der Waals surface area contributed by atoms with Crippen LogP contribution in [0.2, 0.25) is 5.02 Å². The Morgan fingerprint density at radius 3 is 2.41 bits per heavy atom. The van der Waals surface area contributed by atoms with Crippen molar-refractivity contribution in [1.29, 1.82) is 0 Å². The first-order chi connectivity index (χ1) is 17.7. The average Bonchev–Trinajstić information content (AvgIpc) is 3.19. The molecule has 0 spiro atoms. The Hall–Kier alpha value is -3.95. The molecule has 4 rings (SSSR count). The summed E-state index contributed by atoms with van der Waals surface area (Å²) in [7, 11) is 3.85. The number of anilines is 2. The summed E-state index contributed by atoms with van der Waals surface area (Å²) in [6, 6.07) is 18.9. The van der Waals surface area contributed by atoms with Crippen molar-refractivity contribution in [3.8, 4) is 16.9 Å². The molecule has 1 aromatic heterocycles. The highest BCUT2D eigenvalue weighted by molar-refractivity contribution is 6.30. The minimum absolute atomic E-state index is 0.0462. The first-order valence-electron chi connectivity index (χ1n) is 11.6. The smallest absolute Gasteiger partial charge is 0.322 e. The van der Waals surface area contributed by atoms with Gasteiger partial charge in [-0.05, 0) is 43.9 Å². The van der Waals surface area contributed by atoms with Crippen molar-refractivity contribution >= 4 is 29.1 Å². The van der Waals surface area contributed by atoms with Crippen molar-refractivity contribution in [2.75, 3.05) is 38.2 Å². The van der Waals surface area contributed by atoms with Gasteiger partial charge in [-0.15, -0.1) is 0 Å². The van der Waals surface area contributed by atoms with E-state index in [1.165, 1.54) is 0 Å². The highest BCUT2D eigenvalue weighted by Gasteiger charge is 2.24. The summed E-state index contributed by atoms with van der Waals surface area (Å²) in [5.41, 5.74) is 8.23. The third kappa shape index (κ3) is 6.25. The van der Waals surface area contributed by atoms with Crippen LogP contribution in [0.4, 0.5) is 25.1 Å². The molecule has 3 N–H and O–H groups in total. The fraction of sp³-hybridized carbons (Fsp3) is 0.185. The number of nitrogens with two attached hydrogens (primary N) is 1. The summed E-state index contributed by atoms with van der Waals surface area (Å²) in [5.74, 6) is -1.41. The van der Waals surface area contributed by atoms with Crippen LogP contribution in [0, 0.1) is 11.6 Å². The van der Waals surface area contributed by atoms with Crippen LogP contribution in [0.3, 0.4) is 0 Å². The van der Waals surface area contributed by atoms with E-state index in [2.05, 4.69) is 10.4 Å². The number of nitrogens with zero attached hydrogens (tertiary/aromatic N) is 4. The Morgan fingerprint density at radius 1 is 1.03 bits per heavy atom. The quantitative estimate of drug-likeness (QED) is 0.312. The number of halogens is 3. The van der Waals surface area contributed by atoms with E-state index in [0.717, 1.165) is 28.4 Å². The van der Waals surface area contributed by atoms with Gasteiger partial charge in [0.25, 0.3) is 0 Å². The van der Waals surface area contributed by atoms with Gasteiger partial charge >= 0.3 is 6.03 Å². The third-order valence-electron chi connectivity index (χ3n) is 5.73. The standard InChI is InChI=1S/C27H27ClF2N6O/c1-34(2)14-15-35(17-18-6-4-3-5-7-18)27(37)32-25-24(19-8-10-20(28)11-9-19)33-36(26(25)31)23-16-21(29)12-13-22(23)30/h3-13,16H,14-15,17,31H2,1-2H3,(H,32,37). The van der Waals surface area contributed by atoms with Crippen molar-refractivity contribution in [3.05, 3.63) is 95.0 Å². The number of hydrogen-bond acceptors (Lipinski definition) is 4. The van der Waals surface area contributed by atoms with Crippen LogP contribution in [0.25, 0.3) is 16.9 Å². The lowest BCUT2D eigenvalue weighted by atomic mass is 10.1. The lowest BCUT2D eigenvalue weighted by Gasteiger charge is -2.25. The van der Waals surface area contributed by atoms with Crippen molar-refractivity contribution in [1.82, 2.24) is 19.6 Å². The first-order valence-corrected chi connectivity index (χ1v) is 11.9. The third-order valence-corrected chi connectivity index (χ3v) is 5.98. The molecule has 10 heteroatoms. The van der Waals surface area contributed by atoms with Crippen molar-refractivity contribution in [2.24, 2.45) is 0 Å². The molecular formula is C27H27ClF2N6O. The largest absolute Gasteiger partial charge is 0.382 e. The topological polar surface area (TPSA) is 79.4 Å². The van der Waals surface area contributed by atoms with Gasteiger partial charge in [0, 0.05) is 36.3 Å². The maximum Gasteiger partial charge on any atom is 0.322 e. The Bertz CT molecular complexity index is 1380. The number of nitrogens with one attached hydrogen (secondary N) is 1. The molecule has 7 nitrogen and oxygen atoms in total. The molecule has 192 valence electrons. The van der Waals surface area contributed by atoms with Crippen LogP contribution >= 0.6 is 11.6 Å². The first kappa shape index (κ1) is 26.1. The molecule has 3 aromatic carbocycles. The molecule has 0 atom stereocenters. The molecule has 0 radical (unpaired) electrons. The fourth-order valence-electron chi connectivity index (χ4n) is 3.76. The lowest BCUT2D eigenvalue weighted by molar-refractivity contribution is 0.202. The predicted molar refractivity (Wildman–Crippen MR) is 143 cm³/mol. The minimum Gasteiger partial charge on any atom is -0.382 e. The molecule has 2 amide bonds. The van der Waals surface area contributed by atoms with Gasteiger partial charge < -0.3 is 20.9 Å². The van der Waals surface area contributed by atoms with Gasteiger partial charge in [-0.25, -0.2) is 18.3 Å². The zero-order valence-corrected chi connectivity index (χ0v) is 21.2. The maximum absolute atomic E-state index is 14.6. The number of hydrogen-bond donors (Lipinski definition) is 2. The Balaban J connectivity index is 1.75. The van der Waals surface area contributed by atoms with E-state index < -0.39 is 17.7 Å². The monoisotopic (exact) mass is 524 g/mol. The summed E-state index contributed by atoms with van der Waals surface area (Å²) < 4.78 is 29.7. The molecule has 4 aromatic rings. The molecule has 0 bridgehead atoms. The summed E-state index contributed by atoms with van der Waals surface area (Å²) in [4.78, 5) is 17.2. The van der Waals surface area contributed by atoms with Crippen molar-refractivity contribution < 1.29 is 13.6 Å². The van der Waals surface area contributed by atoms with Gasteiger partial charge in [0.2, 0.25) is 0 Å². The highest BCUT2D eigenvalue weighted by Crippen LogP contribution is 2.35. The molecule has 0 fully saturated rings. The molecular weight excluding hydrogens is 498 g/mol. The molecule has 37 heavy (non-hydrogen) atoms. The Kier molecular flexibility index (Phi) is 8.05. The van der Waals surface area contributed by atoms with E-state index in [1.807, 2.05) is 49.3 Å². The zero-order valence-electron chi connectivity index (χ0n) is 20.5. The van der Waals surface area contributed by atoms with Crippen LogP contribution < -0.4 is 11.1 Å². The summed E-state index contributed by atoms with van der Waals surface area (Å²) in [6.45, 7) is 1.44. The van der Waals surface area contributed by atoms with Crippen molar-refractivity contribution in [3.63, 3.8) is 0 Å². The second-order valence-electron chi connectivity index (χ2n) is 8.76. The Labute approximate surface area is 219 Å². The van der Waals surface area contributed by atoms with Crippen LogP contribution in [-0.2, 0) is 6.54 Å². The zero-order chi connectivity index (χ0) is 26.5. The fourth-order valence-corrected chi connectivity index (χ4v) is 3.88. The van der Waals surface area contributed by atoms with Gasteiger partial charge in [0.1, 0.15) is 28.7 Å². The van der Waals surface area contributed by atoms with E-state index in [0.29, 0.717) is 35.9 Å². The number of nitrogen functional groups attached to an aromatic ring is 1. The van der Waals surface area contributed by atoms with Crippen molar-refractivity contribution in [2.45, 2.75) is 6.54 Å². The molecule has 0 saturated carbocycles. The van der Waals surface area contributed by atoms with Crippen LogP contribution in [0.5, 0.6) is 0 Å². The number of amides is 2. The second-order valence-corrected chi connectivity index (χ2v) is 9.20. The van der Waals surface area contributed by atoms with Gasteiger partial charge in [-0.1, -0.05) is 54.1 Å². The van der Waals surface area contributed by atoms with Crippen LogP contribution in [-0.4, -0.2) is 52.8 Å². The molecule has 0 unspecified atom stereocenters. The Morgan fingerprint density at radius 2 is 1.73 bits per heavy atom. The van der Waals surface area contributed by atoms with Crippen LogP contribution in [0.1, 0.15) is 5.56 Å². The van der Waals surface area contributed by atoms with Gasteiger partial charge in [-0.3, -0.25) is 0 Å². The average molecular weight is 525 g/mol. The number of urea groups is 1. The maximum atomic E-state index is 14.6. The lowest BCUT2D eigenvalue weighted by Crippen LogP contribution is -2.39. The van der Waals surface area contributed by atoms with Gasteiger partial charge in [0.15, 0.2) is 5.82 Å². The summed E-state index contributed by atoms with van der Waals surface area (Å²) >= 11 is 6.05. The number of carbonyl (C=O) groups excluding carboxylic acids is 1. The van der Waals surface area contributed by atoms with E-state index in [4.69, 9.17) is 17.3 Å². The predicted octanol–water partition coefficient (Wildman–Crippen LogP) is 5.65. The molecule has 1 heterocycles. The normalized spacial score (nSPS) is 11.1. The van der Waals surface area contributed by atoms with Gasteiger partial charge in [-0.2, -0.15) is 5.10 Å². The van der Waals surface area contributed by atoms with Gasteiger partial charge in [0.05, 0.1) is 0 Å². The minimum atomic E-state index is -0.715. The SMILES string of the molecule is CN(C)CCN(Cc1ccccc1)C(=O)Nc1c(-c2ccc(Cl)cc2)nn(-c2cc(F)ccc2F)c1N. The summed E-state index contributed by atoms with van der Waals surface area (Å²) in [6.07, 6.45) is 0.